The van der Waals surface area contributed by atoms with E-state index < -0.39 is 0 Å². The van der Waals surface area contributed by atoms with E-state index in [0.717, 1.165) is 63.1 Å². The average molecular weight is 293 g/mol. The normalized spacial score (nSPS) is 19.5. The van der Waals surface area contributed by atoms with Gasteiger partial charge in [0, 0.05) is 38.7 Å². The van der Waals surface area contributed by atoms with Crippen LogP contribution in [-0.4, -0.2) is 60.8 Å². The summed E-state index contributed by atoms with van der Waals surface area (Å²) < 4.78 is 5.76. The molecule has 2 heterocycles. The van der Waals surface area contributed by atoms with Gasteiger partial charge in [-0.3, -0.25) is 0 Å². The van der Waals surface area contributed by atoms with Gasteiger partial charge in [0.05, 0.1) is 12.7 Å². The van der Waals surface area contributed by atoms with E-state index in [-0.39, 0.29) is 6.10 Å². The SMILES string of the molecule is CCCc1nc(NCC)cc(NCC2CN(C)CCO2)n1. The molecule has 21 heavy (non-hydrogen) atoms. The first-order valence-electron chi connectivity index (χ1n) is 7.87. The fourth-order valence-corrected chi connectivity index (χ4v) is 2.40. The summed E-state index contributed by atoms with van der Waals surface area (Å²) in [7, 11) is 2.13. The van der Waals surface area contributed by atoms with E-state index in [2.05, 4.69) is 46.4 Å². The van der Waals surface area contributed by atoms with Crippen molar-refractivity contribution in [3.05, 3.63) is 11.9 Å². The molecule has 1 fully saturated rings. The largest absolute Gasteiger partial charge is 0.374 e. The number of likely N-dealkylation sites (N-methyl/N-ethyl adjacent to an activating group) is 1. The van der Waals surface area contributed by atoms with E-state index in [1.54, 1.807) is 0 Å². The summed E-state index contributed by atoms with van der Waals surface area (Å²) >= 11 is 0. The summed E-state index contributed by atoms with van der Waals surface area (Å²) in [5.74, 6) is 2.65. The minimum atomic E-state index is 0.218. The van der Waals surface area contributed by atoms with Crippen molar-refractivity contribution in [2.75, 3.05) is 50.5 Å². The van der Waals surface area contributed by atoms with Gasteiger partial charge in [0.2, 0.25) is 0 Å². The molecular formula is C15H27N5O. The topological polar surface area (TPSA) is 62.3 Å². The van der Waals surface area contributed by atoms with Crippen LogP contribution in [-0.2, 0) is 11.2 Å². The predicted molar refractivity (Wildman–Crippen MR) is 85.9 cm³/mol. The average Bonchev–Trinajstić information content (AvgIpc) is 2.46. The second-order valence-electron chi connectivity index (χ2n) is 5.47. The van der Waals surface area contributed by atoms with Crippen LogP contribution >= 0.6 is 0 Å². The van der Waals surface area contributed by atoms with Gasteiger partial charge in [-0.1, -0.05) is 6.92 Å². The molecule has 0 radical (unpaired) electrons. The van der Waals surface area contributed by atoms with Crippen LogP contribution in [0.3, 0.4) is 0 Å². The Balaban J connectivity index is 1.97. The molecule has 1 aromatic rings. The molecule has 118 valence electrons. The van der Waals surface area contributed by atoms with Crippen molar-refractivity contribution in [3.63, 3.8) is 0 Å². The molecule has 1 saturated heterocycles. The number of morpholine rings is 1. The van der Waals surface area contributed by atoms with Crippen molar-refractivity contribution in [1.29, 1.82) is 0 Å². The molecule has 2 N–H and O–H groups in total. The number of nitrogens with zero attached hydrogens (tertiary/aromatic N) is 3. The Morgan fingerprint density at radius 1 is 1.29 bits per heavy atom. The zero-order valence-corrected chi connectivity index (χ0v) is 13.4. The number of hydrogen-bond donors (Lipinski definition) is 2. The van der Waals surface area contributed by atoms with Crippen molar-refractivity contribution in [2.24, 2.45) is 0 Å². The van der Waals surface area contributed by atoms with E-state index in [1.165, 1.54) is 0 Å². The number of aryl methyl sites for hydroxylation is 1. The highest BCUT2D eigenvalue weighted by Gasteiger charge is 2.17. The van der Waals surface area contributed by atoms with Crippen molar-refractivity contribution in [1.82, 2.24) is 14.9 Å². The highest BCUT2D eigenvalue weighted by molar-refractivity contribution is 5.47. The molecule has 0 saturated carbocycles. The molecule has 0 bridgehead atoms. The van der Waals surface area contributed by atoms with Crippen LogP contribution in [0.1, 0.15) is 26.1 Å². The lowest BCUT2D eigenvalue weighted by molar-refractivity contribution is -0.0117. The summed E-state index contributed by atoms with van der Waals surface area (Å²) in [5.41, 5.74) is 0. The van der Waals surface area contributed by atoms with E-state index in [9.17, 15) is 0 Å². The highest BCUT2D eigenvalue weighted by Crippen LogP contribution is 2.13. The number of rotatable bonds is 7. The third kappa shape index (κ3) is 5.13. The van der Waals surface area contributed by atoms with Gasteiger partial charge in [0.15, 0.2) is 0 Å². The Morgan fingerprint density at radius 2 is 2.05 bits per heavy atom. The number of aromatic nitrogens is 2. The minimum absolute atomic E-state index is 0.218. The molecular weight excluding hydrogens is 266 g/mol. The van der Waals surface area contributed by atoms with Crippen LogP contribution in [0.25, 0.3) is 0 Å². The van der Waals surface area contributed by atoms with E-state index >= 15 is 0 Å². The third-order valence-corrected chi connectivity index (χ3v) is 3.46. The molecule has 2 rings (SSSR count). The van der Waals surface area contributed by atoms with Crippen LogP contribution in [0, 0.1) is 0 Å². The van der Waals surface area contributed by atoms with Gasteiger partial charge in [0.1, 0.15) is 17.5 Å². The molecule has 6 heteroatoms. The molecule has 0 aliphatic carbocycles. The number of anilines is 2. The van der Waals surface area contributed by atoms with Crippen LogP contribution in [0.15, 0.2) is 6.07 Å². The molecule has 6 nitrogen and oxygen atoms in total. The molecule has 1 aliphatic heterocycles. The highest BCUT2D eigenvalue weighted by atomic mass is 16.5. The number of hydrogen-bond acceptors (Lipinski definition) is 6. The number of nitrogens with one attached hydrogen (secondary N) is 2. The van der Waals surface area contributed by atoms with Gasteiger partial charge in [-0.25, -0.2) is 9.97 Å². The van der Waals surface area contributed by atoms with E-state index in [1.807, 2.05) is 6.07 Å². The van der Waals surface area contributed by atoms with Crippen LogP contribution < -0.4 is 10.6 Å². The van der Waals surface area contributed by atoms with Crippen molar-refractivity contribution in [3.8, 4) is 0 Å². The summed E-state index contributed by atoms with van der Waals surface area (Å²) in [6, 6.07) is 1.97. The zero-order chi connectivity index (χ0) is 15.1. The summed E-state index contributed by atoms with van der Waals surface area (Å²) in [4.78, 5) is 11.4. The molecule has 0 aromatic carbocycles. The van der Waals surface area contributed by atoms with Gasteiger partial charge in [-0.05, 0) is 20.4 Å². The Bertz CT molecular complexity index is 416. The second kappa shape index (κ2) is 8.14. The van der Waals surface area contributed by atoms with E-state index in [0.29, 0.717) is 0 Å². The standard InChI is InChI=1S/C15H27N5O/c1-4-6-13-18-14(16-5-2)9-15(19-13)17-10-12-11-20(3)7-8-21-12/h9,12H,4-8,10-11H2,1-3H3,(H2,16,17,18,19). The predicted octanol–water partition coefficient (Wildman–Crippen LogP) is 1.60. The lowest BCUT2D eigenvalue weighted by Crippen LogP contribution is -2.43. The lowest BCUT2D eigenvalue weighted by Gasteiger charge is -2.30. The Morgan fingerprint density at radius 3 is 2.71 bits per heavy atom. The van der Waals surface area contributed by atoms with Crippen molar-refractivity contribution in [2.45, 2.75) is 32.8 Å². The van der Waals surface area contributed by atoms with E-state index in [4.69, 9.17) is 4.74 Å². The first-order chi connectivity index (χ1) is 10.2. The fourth-order valence-electron chi connectivity index (χ4n) is 2.40. The van der Waals surface area contributed by atoms with Crippen LogP contribution in [0.2, 0.25) is 0 Å². The quantitative estimate of drug-likeness (QED) is 0.796. The number of ether oxygens (including phenoxy) is 1. The minimum Gasteiger partial charge on any atom is -0.374 e. The summed E-state index contributed by atoms with van der Waals surface area (Å²) in [6.07, 6.45) is 2.17. The zero-order valence-electron chi connectivity index (χ0n) is 13.4. The van der Waals surface area contributed by atoms with Gasteiger partial charge >= 0.3 is 0 Å². The summed E-state index contributed by atoms with van der Waals surface area (Å²) in [5, 5.41) is 6.65. The van der Waals surface area contributed by atoms with Gasteiger partial charge < -0.3 is 20.3 Å². The maximum atomic E-state index is 5.76. The van der Waals surface area contributed by atoms with Crippen molar-refractivity contribution >= 4 is 11.6 Å². The van der Waals surface area contributed by atoms with Gasteiger partial charge in [-0.15, -0.1) is 0 Å². The smallest absolute Gasteiger partial charge is 0.133 e. The lowest BCUT2D eigenvalue weighted by atomic mass is 10.3. The van der Waals surface area contributed by atoms with Crippen LogP contribution in [0.4, 0.5) is 11.6 Å². The maximum Gasteiger partial charge on any atom is 0.133 e. The molecule has 1 atom stereocenters. The Labute approximate surface area is 127 Å². The molecule has 0 spiro atoms. The van der Waals surface area contributed by atoms with Gasteiger partial charge in [-0.2, -0.15) is 0 Å². The molecule has 0 amide bonds. The molecule has 1 aromatic heterocycles. The van der Waals surface area contributed by atoms with Crippen molar-refractivity contribution < 1.29 is 4.74 Å². The molecule has 1 unspecified atom stereocenters. The summed E-state index contributed by atoms with van der Waals surface area (Å²) in [6.45, 7) is 8.62. The first kappa shape index (κ1) is 16.0. The fraction of sp³-hybridized carbons (Fsp3) is 0.733. The Kier molecular flexibility index (Phi) is 6.20. The maximum absolute atomic E-state index is 5.76. The molecule has 1 aliphatic rings. The van der Waals surface area contributed by atoms with Gasteiger partial charge in [0.25, 0.3) is 0 Å². The third-order valence-electron chi connectivity index (χ3n) is 3.46. The Hall–Kier alpha value is -1.40. The second-order valence-corrected chi connectivity index (χ2v) is 5.47. The monoisotopic (exact) mass is 293 g/mol. The van der Waals surface area contributed by atoms with Crippen LogP contribution in [0.5, 0.6) is 0 Å². The first-order valence-corrected chi connectivity index (χ1v) is 7.87.